The summed E-state index contributed by atoms with van der Waals surface area (Å²) in [6.45, 7) is 0. The van der Waals surface area contributed by atoms with E-state index in [1.54, 1.807) is 0 Å². The number of para-hydroxylation sites is 6. The zero-order valence-corrected chi connectivity index (χ0v) is 30.4. The third kappa shape index (κ3) is 4.41. The molecular formula is C52H34N2O2. The monoisotopic (exact) mass is 718 g/mol. The van der Waals surface area contributed by atoms with Crippen molar-refractivity contribution < 1.29 is 8.83 Å². The van der Waals surface area contributed by atoms with Gasteiger partial charge in [0.1, 0.15) is 16.7 Å². The van der Waals surface area contributed by atoms with Crippen molar-refractivity contribution in [3.63, 3.8) is 0 Å². The van der Waals surface area contributed by atoms with E-state index in [-0.39, 0.29) is 0 Å². The summed E-state index contributed by atoms with van der Waals surface area (Å²) < 4.78 is 13.5. The van der Waals surface area contributed by atoms with Crippen LogP contribution in [0.25, 0.3) is 71.5 Å². The van der Waals surface area contributed by atoms with Crippen molar-refractivity contribution >= 4 is 94.2 Å². The van der Waals surface area contributed by atoms with Crippen molar-refractivity contribution in [2.45, 2.75) is 12.0 Å². The number of rotatable bonds is 6. The van der Waals surface area contributed by atoms with Crippen LogP contribution < -0.4 is 15.4 Å². The predicted octanol–water partition coefficient (Wildman–Crippen LogP) is 13.5. The van der Waals surface area contributed by atoms with Crippen LogP contribution in [0.2, 0.25) is 0 Å². The van der Waals surface area contributed by atoms with E-state index in [0.29, 0.717) is 0 Å². The molecule has 0 fully saturated rings. The molecule has 0 saturated carbocycles. The average molecular weight is 719 g/mol. The second-order valence-corrected chi connectivity index (χ2v) is 14.9. The van der Waals surface area contributed by atoms with Crippen molar-refractivity contribution in [2.24, 2.45) is 0 Å². The Kier molecular flexibility index (Phi) is 6.58. The number of hydrogen-bond acceptors (Lipinski definition) is 4. The van der Waals surface area contributed by atoms with Crippen molar-refractivity contribution in [1.82, 2.24) is 0 Å². The lowest BCUT2D eigenvalue weighted by Crippen LogP contribution is -2.39. The van der Waals surface area contributed by atoms with Gasteiger partial charge in [-0.05, 0) is 81.9 Å². The molecule has 0 aliphatic heterocycles. The van der Waals surface area contributed by atoms with Crippen LogP contribution in [-0.2, 0) is 5.54 Å². The molecule has 0 bridgehead atoms. The first kappa shape index (κ1) is 31.1. The zero-order chi connectivity index (χ0) is 36.8. The van der Waals surface area contributed by atoms with E-state index in [2.05, 4.69) is 186 Å². The third-order valence-corrected chi connectivity index (χ3v) is 11.9. The van der Waals surface area contributed by atoms with Gasteiger partial charge in [-0.25, -0.2) is 0 Å². The van der Waals surface area contributed by atoms with Crippen molar-refractivity contribution in [2.75, 3.05) is 10.2 Å². The van der Waals surface area contributed by atoms with E-state index in [4.69, 9.17) is 8.83 Å². The number of nitrogens with zero attached hydrogens (tertiary/aromatic N) is 1. The Bertz CT molecular complexity index is 3380. The van der Waals surface area contributed by atoms with Crippen molar-refractivity contribution in [1.29, 1.82) is 0 Å². The minimum Gasteiger partial charge on any atom is -0.456 e. The fourth-order valence-electron chi connectivity index (χ4n) is 9.44. The molecule has 12 rings (SSSR count). The maximum Gasteiger partial charge on any atom is 0.159 e. The molecule has 0 radical (unpaired) electrons. The Morgan fingerprint density at radius 3 is 1.88 bits per heavy atom. The van der Waals surface area contributed by atoms with E-state index in [1.165, 1.54) is 32.3 Å². The van der Waals surface area contributed by atoms with Crippen molar-refractivity contribution in [3.8, 4) is 0 Å². The molecule has 4 nitrogen and oxygen atoms in total. The third-order valence-electron chi connectivity index (χ3n) is 11.9. The van der Waals surface area contributed by atoms with E-state index in [1.807, 2.05) is 12.1 Å². The van der Waals surface area contributed by atoms with Crippen LogP contribution in [-0.4, -0.2) is 0 Å². The normalized spacial score (nSPS) is 15.3. The Morgan fingerprint density at radius 2 is 1.09 bits per heavy atom. The minimum absolute atomic E-state index is 0.626. The molecule has 2 heterocycles. The Morgan fingerprint density at radius 1 is 0.446 bits per heavy atom. The molecule has 56 heavy (non-hydrogen) atoms. The molecular weight excluding hydrogens is 685 g/mol. The summed E-state index contributed by atoms with van der Waals surface area (Å²) >= 11 is 0. The highest BCUT2D eigenvalue weighted by atomic mass is 16.3. The maximum absolute atomic E-state index is 6.78. The predicted molar refractivity (Wildman–Crippen MR) is 232 cm³/mol. The number of nitrogens with one attached hydrogen (secondary N) is 1. The molecule has 264 valence electrons. The lowest BCUT2D eigenvalue weighted by Gasteiger charge is -2.39. The van der Waals surface area contributed by atoms with Gasteiger partial charge < -0.3 is 19.1 Å². The van der Waals surface area contributed by atoms with E-state index in [9.17, 15) is 0 Å². The second kappa shape index (κ2) is 11.8. The summed E-state index contributed by atoms with van der Waals surface area (Å²) in [5.74, 6) is 0. The lowest BCUT2D eigenvalue weighted by atomic mass is 9.73. The molecule has 4 heteroatoms. The van der Waals surface area contributed by atoms with Crippen molar-refractivity contribution in [3.05, 3.63) is 198 Å². The zero-order valence-electron chi connectivity index (χ0n) is 30.4. The van der Waals surface area contributed by atoms with Crippen LogP contribution in [0.1, 0.15) is 17.5 Å². The quantitative estimate of drug-likeness (QED) is 0.186. The molecule has 1 unspecified atom stereocenters. The Labute approximate surface area is 322 Å². The number of anilines is 4. The van der Waals surface area contributed by atoms with Crippen LogP contribution >= 0.6 is 0 Å². The van der Waals surface area contributed by atoms with Gasteiger partial charge in [0.2, 0.25) is 0 Å². The highest BCUT2D eigenvalue weighted by molar-refractivity contribution is 6.19. The van der Waals surface area contributed by atoms with E-state index >= 15 is 0 Å². The van der Waals surface area contributed by atoms with Crippen LogP contribution in [0.15, 0.2) is 191 Å². The summed E-state index contributed by atoms with van der Waals surface area (Å²) in [6, 6.07) is 64.8. The van der Waals surface area contributed by atoms with Gasteiger partial charge in [-0.1, -0.05) is 140 Å². The summed E-state index contributed by atoms with van der Waals surface area (Å²) in [4.78, 5) is 2.37. The van der Waals surface area contributed by atoms with Crippen LogP contribution in [0, 0.1) is 0 Å². The maximum atomic E-state index is 6.78. The molecule has 1 N–H and O–H groups in total. The van der Waals surface area contributed by atoms with E-state index in [0.717, 1.165) is 78.6 Å². The number of furan rings is 2. The Hall–Kier alpha value is -7.30. The molecule has 1 aliphatic rings. The highest BCUT2D eigenvalue weighted by Crippen LogP contribution is 2.50. The van der Waals surface area contributed by atoms with Gasteiger partial charge in [-0.15, -0.1) is 0 Å². The van der Waals surface area contributed by atoms with Gasteiger partial charge in [0, 0.05) is 43.9 Å². The standard InChI is InChI=1S/C52H34N2O2/c1-3-13-35(14-4-1)53-52(43-21-11-19-39-37-17-7-9-23-46(37)55-50(39)43)32-31-34-25-28-41-44(30-27-33-26-29-42(52)49(34)48(33)41)54(36-15-5-2-6-16-36)45-22-12-20-40-38-18-8-10-24-47(38)56-51(40)45/h1-31,53H,32H2. The second-order valence-electron chi connectivity index (χ2n) is 14.9. The molecule has 0 spiro atoms. The van der Waals surface area contributed by atoms with Crippen LogP contribution in [0.3, 0.4) is 0 Å². The molecule has 0 amide bonds. The fraction of sp³-hybridized carbons (Fsp3) is 0.0385. The largest absolute Gasteiger partial charge is 0.456 e. The summed E-state index contributed by atoms with van der Waals surface area (Å²) in [5.41, 5.74) is 9.49. The summed E-state index contributed by atoms with van der Waals surface area (Å²) in [5, 5.41) is 14.7. The summed E-state index contributed by atoms with van der Waals surface area (Å²) in [6.07, 6.45) is 3.16. The molecule has 0 saturated heterocycles. The molecule has 11 aromatic rings. The first-order valence-electron chi connectivity index (χ1n) is 19.2. The molecule has 9 aromatic carbocycles. The number of hydrogen-bond donors (Lipinski definition) is 1. The first-order chi connectivity index (χ1) is 27.7. The number of benzene rings is 9. The molecule has 1 aliphatic carbocycles. The minimum atomic E-state index is -0.626. The summed E-state index contributed by atoms with van der Waals surface area (Å²) in [7, 11) is 0. The Balaban J connectivity index is 1.15. The topological polar surface area (TPSA) is 41.6 Å². The smallest absolute Gasteiger partial charge is 0.159 e. The van der Waals surface area contributed by atoms with Gasteiger partial charge in [-0.2, -0.15) is 0 Å². The first-order valence-corrected chi connectivity index (χ1v) is 19.2. The highest BCUT2D eigenvalue weighted by Gasteiger charge is 2.40. The van der Waals surface area contributed by atoms with Gasteiger partial charge in [0.15, 0.2) is 5.58 Å². The fourth-order valence-corrected chi connectivity index (χ4v) is 9.44. The van der Waals surface area contributed by atoms with Gasteiger partial charge >= 0.3 is 0 Å². The molecule has 1 atom stereocenters. The van der Waals surface area contributed by atoms with Gasteiger partial charge in [-0.3, -0.25) is 0 Å². The SMILES string of the molecule is C1=c2ccc3c(N(c4ccccc4)c4cccc5c4oc4ccccc45)ccc4ccc(c2c43)C(Nc2ccccc2)(c2cccc3c2oc2ccccc23)C1. The van der Waals surface area contributed by atoms with Gasteiger partial charge in [0.05, 0.1) is 16.9 Å². The molecule has 2 aromatic heterocycles. The van der Waals surface area contributed by atoms with Crippen LogP contribution in [0.5, 0.6) is 0 Å². The van der Waals surface area contributed by atoms with Gasteiger partial charge in [0.25, 0.3) is 0 Å². The van der Waals surface area contributed by atoms with Crippen LogP contribution in [0.4, 0.5) is 22.7 Å². The van der Waals surface area contributed by atoms with E-state index < -0.39 is 5.54 Å². The lowest BCUT2D eigenvalue weighted by molar-refractivity contribution is 0.591. The number of fused-ring (bicyclic) bond motifs is 6. The average Bonchev–Trinajstić information content (AvgIpc) is 3.84.